The molecule has 0 radical (unpaired) electrons. The molecule has 0 spiro atoms. The van der Waals surface area contributed by atoms with Crippen LogP contribution < -0.4 is 5.32 Å². The fraction of sp³-hybridized carbons (Fsp3) is 0.529. The van der Waals surface area contributed by atoms with Crippen LogP contribution in [0, 0.1) is 0 Å². The van der Waals surface area contributed by atoms with Gasteiger partial charge in [0.25, 0.3) is 0 Å². The largest absolute Gasteiger partial charge is 0.310 e. The first-order chi connectivity index (χ1) is 10.2. The van der Waals surface area contributed by atoms with Gasteiger partial charge in [-0.3, -0.25) is 9.67 Å². The Kier molecular flexibility index (Phi) is 5.93. The lowest BCUT2D eigenvalue weighted by molar-refractivity contribution is 0.465. The average Bonchev–Trinajstić information content (AvgIpc) is 3.00. The molecule has 2 unspecified atom stereocenters. The van der Waals surface area contributed by atoms with Crippen LogP contribution >= 0.6 is 0 Å². The van der Waals surface area contributed by atoms with Crippen molar-refractivity contribution in [1.82, 2.24) is 20.1 Å². The third-order valence-corrected chi connectivity index (χ3v) is 3.87. The highest BCUT2D eigenvalue weighted by atomic mass is 15.3. The summed E-state index contributed by atoms with van der Waals surface area (Å²) in [5.41, 5.74) is 2.41. The van der Waals surface area contributed by atoms with Gasteiger partial charge >= 0.3 is 0 Å². The molecule has 4 heteroatoms. The van der Waals surface area contributed by atoms with Crippen molar-refractivity contribution in [3.8, 4) is 0 Å². The Morgan fingerprint density at radius 1 is 1.19 bits per heavy atom. The maximum atomic E-state index is 4.72. The number of hydrogen-bond donors (Lipinski definition) is 1. The standard InChI is InChI=1S/C17H26N4/c1-4-9-19-17(15-6-10-18-11-7-15)13-16-8-12-21(20-16)14(3)5-2/h6-8,10-12,14,17,19H,4-5,9,13H2,1-3H3. The monoisotopic (exact) mass is 286 g/mol. The van der Waals surface area contributed by atoms with Crippen molar-refractivity contribution in [1.29, 1.82) is 0 Å². The zero-order chi connectivity index (χ0) is 15.1. The molecule has 2 atom stereocenters. The lowest BCUT2D eigenvalue weighted by Crippen LogP contribution is -2.24. The summed E-state index contributed by atoms with van der Waals surface area (Å²) < 4.78 is 2.07. The second-order valence-corrected chi connectivity index (χ2v) is 5.54. The Hall–Kier alpha value is -1.68. The van der Waals surface area contributed by atoms with E-state index in [0.717, 1.165) is 31.5 Å². The van der Waals surface area contributed by atoms with Crippen LogP contribution in [0.4, 0.5) is 0 Å². The summed E-state index contributed by atoms with van der Waals surface area (Å²) >= 11 is 0. The number of pyridine rings is 1. The number of aromatic nitrogens is 3. The summed E-state index contributed by atoms with van der Waals surface area (Å²) in [6, 6.07) is 7.06. The van der Waals surface area contributed by atoms with Crippen LogP contribution in [0.25, 0.3) is 0 Å². The zero-order valence-corrected chi connectivity index (χ0v) is 13.3. The Morgan fingerprint density at radius 3 is 2.62 bits per heavy atom. The number of hydrogen-bond acceptors (Lipinski definition) is 3. The van der Waals surface area contributed by atoms with E-state index in [-0.39, 0.29) is 0 Å². The fourth-order valence-electron chi connectivity index (χ4n) is 2.35. The number of rotatable bonds is 8. The lowest BCUT2D eigenvalue weighted by atomic mass is 10.0. The smallest absolute Gasteiger partial charge is 0.0643 e. The van der Waals surface area contributed by atoms with Crippen molar-refractivity contribution < 1.29 is 0 Å². The number of nitrogens with one attached hydrogen (secondary N) is 1. The molecule has 4 nitrogen and oxygen atoms in total. The summed E-state index contributed by atoms with van der Waals surface area (Å²) in [4.78, 5) is 4.11. The van der Waals surface area contributed by atoms with E-state index in [9.17, 15) is 0 Å². The van der Waals surface area contributed by atoms with Crippen LogP contribution in [0.2, 0.25) is 0 Å². The van der Waals surface area contributed by atoms with E-state index in [2.05, 4.69) is 60.1 Å². The van der Waals surface area contributed by atoms with Gasteiger partial charge in [0.05, 0.1) is 5.69 Å². The average molecular weight is 286 g/mol. The molecule has 2 aromatic rings. The van der Waals surface area contributed by atoms with Crippen LogP contribution in [-0.4, -0.2) is 21.3 Å². The van der Waals surface area contributed by atoms with Crippen molar-refractivity contribution in [2.45, 2.75) is 52.1 Å². The summed E-state index contributed by atoms with van der Waals surface area (Å²) in [5.74, 6) is 0. The molecule has 2 aromatic heterocycles. The van der Waals surface area contributed by atoms with Gasteiger partial charge in [-0.15, -0.1) is 0 Å². The molecule has 2 rings (SSSR count). The van der Waals surface area contributed by atoms with Gasteiger partial charge in [0.1, 0.15) is 0 Å². The highest BCUT2D eigenvalue weighted by Gasteiger charge is 2.14. The molecular weight excluding hydrogens is 260 g/mol. The van der Waals surface area contributed by atoms with Gasteiger partial charge in [-0.2, -0.15) is 5.10 Å². The van der Waals surface area contributed by atoms with Crippen LogP contribution in [0.5, 0.6) is 0 Å². The molecule has 1 N–H and O–H groups in total. The van der Waals surface area contributed by atoms with E-state index in [1.807, 2.05) is 12.4 Å². The second kappa shape index (κ2) is 7.93. The highest BCUT2D eigenvalue weighted by molar-refractivity contribution is 5.18. The molecule has 0 aliphatic heterocycles. The van der Waals surface area contributed by atoms with E-state index < -0.39 is 0 Å². The van der Waals surface area contributed by atoms with E-state index in [0.29, 0.717) is 12.1 Å². The highest BCUT2D eigenvalue weighted by Crippen LogP contribution is 2.18. The Bertz CT molecular complexity index is 521. The van der Waals surface area contributed by atoms with Gasteiger partial charge < -0.3 is 5.32 Å². The van der Waals surface area contributed by atoms with Gasteiger partial charge in [0.2, 0.25) is 0 Å². The summed E-state index contributed by atoms with van der Waals surface area (Å²) in [7, 11) is 0. The molecule has 0 saturated heterocycles. The van der Waals surface area contributed by atoms with Crippen molar-refractivity contribution >= 4 is 0 Å². The van der Waals surface area contributed by atoms with E-state index in [1.165, 1.54) is 5.56 Å². The number of nitrogens with zero attached hydrogens (tertiary/aromatic N) is 3. The summed E-state index contributed by atoms with van der Waals surface area (Å²) in [5, 5.41) is 8.33. The van der Waals surface area contributed by atoms with Crippen molar-refractivity contribution in [2.24, 2.45) is 0 Å². The molecule has 21 heavy (non-hydrogen) atoms. The molecule has 0 amide bonds. The normalized spacial score (nSPS) is 14.0. The maximum absolute atomic E-state index is 4.72. The van der Waals surface area contributed by atoms with Crippen LogP contribution in [0.15, 0.2) is 36.8 Å². The SMILES string of the molecule is CCCNC(Cc1ccn(C(C)CC)n1)c1ccncc1. The first-order valence-electron chi connectivity index (χ1n) is 7.91. The topological polar surface area (TPSA) is 42.7 Å². The third kappa shape index (κ3) is 4.39. The Labute approximate surface area is 127 Å². The molecular formula is C17H26N4. The first kappa shape index (κ1) is 15.7. The van der Waals surface area contributed by atoms with Crippen LogP contribution in [0.1, 0.15) is 57.0 Å². The van der Waals surface area contributed by atoms with Crippen LogP contribution in [-0.2, 0) is 6.42 Å². The first-order valence-corrected chi connectivity index (χ1v) is 7.91. The van der Waals surface area contributed by atoms with Crippen molar-refractivity contribution in [2.75, 3.05) is 6.54 Å². The molecule has 0 aromatic carbocycles. The van der Waals surface area contributed by atoms with Gasteiger partial charge in [-0.25, -0.2) is 0 Å². The molecule has 0 aliphatic carbocycles. The van der Waals surface area contributed by atoms with Gasteiger partial charge in [-0.05, 0) is 50.1 Å². The van der Waals surface area contributed by atoms with Gasteiger partial charge in [0.15, 0.2) is 0 Å². The molecule has 0 fully saturated rings. The van der Waals surface area contributed by atoms with Crippen LogP contribution in [0.3, 0.4) is 0 Å². The van der Waals surface area contributed by atoms with Gasteiger partial charge in [-0.1, -0.05) is 13.8 Å². The summed E-state index contributed by atoms with van der Waals surface area (Å²) in [6.07, 6.45) is 8.94. The minimum atomic E-state index is 0.299. The molecule has 114 valence electrons. The van der Waals surface area contributed by atoms with Gasteiger partial charge in [0, 0.05) is 37.1 Å². The summed E-state index contributed by atoms with van der Waals surface area (Å²) in [6.45, 7) is 7.59. The van der Waals surface area contributed by atoms with Crippen molar-refractivity contribution in [3.63, 3.8) is 0 Å². The predicted octanol–water partition coefficient (Wildman–Crippen LogP) is 3.53. The zero-order valence-electron chi connectivity index (χ0n) is 13.3. The van der Waals surface area contributed by atoms with E-state index in [4.69, 9.17) is 5.10 Å². The Morgan fingerprint density at radius 2 is 1.95 bits per heavy atom. The maximum Gasteiger partial charge on any atom is 0.0643 e. The second-order valence-electron chi connectivity index (χ2n) is 5.54. The molecule has 0 aliphatic rings. The van der Waals surface area contributed by atoms with E-state index >= 15 is 0 Å². The van der Waals surface area contributed by atoms with Crippen molar-refractivity contribution in [3.05, 3.63) is 48.0 Å². The molecule has 0 bridgehead atoms. The minimum Gasteiger partial charge on any atom is -0.310 e. The molecule has 0 saturated carbocycles. The Balaban J connectivity index is 2.09. The van der Waals surface area contributed by atoms with E-state index in [1.54, 1.807) is 0 Å². The minimum absolute atomic E-state index is 0.299. The fourth-order valence-corrected chi connectivity index (χ4v) is 2.35. The predicted molar refractivity (Wildman–Crippen MR) is 86.2 cm³/mol. The quantitative estimate of drug-likeness (QED) is 0.807. The molecule has 2 heterocycles. The lowest BCUT2D eigenvalue weighted by Gasteiger charge is -2.18. The third-order valence-electron chi connectivity index (χ3n) is 3.87.